The Kier molecular flexibility index (Phi) is 4.02. The minimum Gasteiger partial charge on any atom is -0.207 e. The molecule has 0 N–H and O–H groups in total. The van der Waals surface area contributed by atoms with Crippen LogP contribution in [0.3, 0.4) is 0 Å². The summed E-state index contributed by atoms with van der Waals surface area (Å²) in [5, 5.41) is 0. The Balaban J connectivity index is 1.88. The quantitative estimate of drug-likeness (QED) is 0.869. The van der Waals surface area contributed by atoms with E-state index in [1.54, 1.807) is 0 Å². The van der Waals surface area contributed by atoms with Crippen LogP contribution in [-0.2, 0) is 10.0 Å². The fourth-order valence-electron chi connectivity index (χ4n) is 3.14. The average molecular weight is 319 g/mol. The molecule has 0 aliphatic carbocycles. The molecule has 3 nitrogen and oxygen atoms in total. The molecule has 0 bridgehead atoms. The van der Waals surface area contributed by atoms with Crippen molar-refractivity contribution in [2.24, 2.45) is 0 Å². The fraction of sp³-hybridized carbons (Fsp3) is 0.294. The van der Waals surface area contributed by atoms with Crippen LogP contribution in [0.15, 0.2) is 59.5 Å². The molecule has 116 valence electrons. The van der Waals surface area contributed by atoms with E-state index >= 15 is 0 Å². The zero-order chi connectivity index (χ0) is 15.7. The van der Waals surface area contributed by atoms with Crippen LogP contribution >= 0.6 is 0 Å². The van der Waals surface area contributed by atoms with E-state index in [9.17, 15) is 12.8 Å². The molecule has 2 aromatic carbocycles. The fourth-order valence-corrected chi connectivity index (χ4v) is 4.82. The highest BCUT2D eigenvalue weighted by Crippen LogP contribution is 2.36. The van der Waals surface area contributed by atoms with Crippen molar-refractivity contribution in [1.29, 1.82) is 0 Å². The molecular weight excluding hydrogens is 301 g/mol. The molecule has 0 aromatic heterocycles. The zero-order valence-corrected chi connectivity index (χ0v) is 13.1. The van der Waals surface area contributed by atoms with E-state index in [-0.39, 0.29) is 16.9 Å². The van der Waals surface area contributed by atoms with Crippen LogP contribution in [0, 0.1) is 5.82 Å². The van der Waals surface area contributed by atoms with Crippen molar-refractivity contribution in [3.63, 3.8) is 0 Å². The summed E-state index contributed by atoms with van der Waals surface area (Å²) >= 11 is 0. The van der Waals surface area contributed by atoms with Crippen LogP contribution in [-0.4, -0.2) is 25.3 Å². The molecule has 0 amide bonds. The lowest BCUT2D eigenvalue weighted by molar-refractivity contribution is 0.393. The summed E-state index contributed by atoms with van der Waals surface area (Å²) in [6.07, 6.45) is 0.797. The normalized spacial score (nSPS) is 22.8. The molecule has 0 saturated carbocycles. The predicted octanol–water partition coefficient (Wildman–Crippen LogP) is 3.39. The summed E-state index contributed by atoms with van der Waals surface area (Å²) in [5.74, 6) is -0.244. The van der Waals surface area contributed by atoms with Gasteiger partial charge in [0.05, 0.1) is 4.90 Å². The summed E-state index contributed by atoms with van der Waals surface area (Å²) in [4.78, 5) is 0.148. The Labute approximate surface area is 130 Å². The van der Waals surface area contributed by atoms with E-state index in [0.717, 1.165) is 12.0 Å². The Hall–Kier alpha value is -1.72. The van der Waals surface area contributed by atoms with Gasteiger partial charge in [-0.05, 0) is 43.2 Å². The summed E-state index contributed by atoms with van der Waals surface area (Å²) in [5.41, 5.74) is 1.16. The van der Waals surface area contributed by atoms with Gasteiger partial charge in [-0.1, -0.05) is 30.3 Å². The second kappa shape index (κ2) is 5.82. The van der Waals surface area contributed by atoms with Crippen LogP contribution < -0.4 is 0 Å². The van der Waals surface area contributed by atoms with Crippen LogP contribution in [0.5, 0.6) is 0 Å². The van der Waals surface area contributed by atoms with Crippen LogP contribution in [0.2, 0.25) is 0 Å². The van der Waals surface area contributed by atoms with E-state index < -0.39 is 15.8 Å². The van der Waals surface area contributed by atoms with Gasteiger partial charge in [0.1, 0.15) is 5.82 Å². The Bertz CT molecular complexity index is 744. The van der Waals surface area contributed by atoms with Crippen molar-refractivity contribution >= 4 is 10.0 Å². The first-order valence-electron chi connectivity index (χ1n) is 7.32. The van der Waals surface area contributed by atoms with Gasteiger partial charge in [0, 0.05) is 18.5 Å². The van der Waals surface area contributed by atoms with Gasteiger partial charge in [-0.3, -0.25) is 0 Å². The topological polar surface area (TPSA) is 37.4 Å². The first-order chi connectivity index (χ1) is 10.5. The second-order valence-electron chi connectivity index (χ2n) is 5.62. The number of sulfonamides is 1. The van der Waals surface area contributed by atoms with Gasteiger partial charge in [-0.25, -0.2) is 12.8 Å². The SMILES string of the molecule is CC1C(c2ccccc2)CCN1S(=O)(=O)c1ccc(F)cc1. The van der Waals surface area contributed by atoms with Gasteiger partial charge in [0.25, 0.3) is 0 Å². The lowest BCUT2D eigenvalue weighted by Crippen LogP contribution is -2.35. The molecule has 0 spiro atoms. The third-order valence-corrected chi connectivity index (χ3v) is 6.35. The molecule has 2 aromatic rings. The molecule has 1 heterocycles. The molecule has 2 atom stereocenters. The van der Waals surface area contributed by atoms with Gasteiger partial charge in [0.15, 0.2) is 0 Å². The van der Waals surface area contributed by atoms with Crippen molar-refractivity contribution in [1.82, 2.24) is 4.31 Å². The van der Waals surface area contributed by atoms with E-state index in [1.807, 2.05) is 37.3 Å². The molecule has 2 unspecified atom stereocenters. The minimum atomic E-state index is -3.58. The van der Waals surface area contributed by atoms with Gasteiger partial charge in [-0.2, -0.15) is 4.31 Å². The Morgan fingerprint density at radius 3 is 2.32 bits per heavy atom. The minimum absolute atomic E-state index is 0.113. The predicted molar refractivity (Wildman–Crippen MR) is 83.6 cm³/mol. The molecule has 22 heavy (non-hydrogen) atoms. The number of hydrogen-bond acceptors (Lipinski definition) is 2. The first kappa shape index (κ1) is 15.2. The van der Waals surface area contributed by atoms with E-state index in [0.29, 0.717) is 6.54 Å². The Morgan fingerprint density at radius 2 is 1.68 bits per heavy atom. The van der Waals surface area contributed by atoms with E-state index in [4.69, 9.17) is 0 Å². The monoisotopic (exact) mass is 319 g/mol. The van der Waals surface area contributed by atoms with Gasteiger partial charge in [0.2, 0.25) is 10.0 Å². The number of halogens is 1. The lowest BCUT2D eigenvalue weighted by atomic mass is 9.93. The third-order valence-electron chi connectivity index (χ3n) is 4.35. The van der Waals surface area contributed by atoms with Crippen molar-refractivity contribution in [3.8, 4) is 0 Å². The van der Waals surface area contributed by atoms with Crippen LogP contribution in [0.1, 0.15) is 24.8 Å². The van der Waals surface area contributed by atoms with Gasteiger partial charge in [-0.15, -0.1) is 0 Å². The summed E-state index contributed by atoms with van der Waals surface area (Å²) in [6.45, 7) is 2.42. The number of nitrogens with zero attached hydrogens (tertiary/aromatic N) is 1. The average Bonchev–Trinajstić information content (AvgIpc) is 2.91. The highest BCUT2D eigenvalue weighted by Gasteiger charge is 2.39. The van der Waals surface area contributed by atoms with Gasteiger partial charge >= 0.3 is 0 Å². The van der Waals surface area contributed by atoms with Gasteiger partial charge < -0.3 is 0 Å². The molecule has 1 aliphatic heterocycles. The first-order valence-corrected chi connectivity index (χ1v) is 8.76. The Morgan fingerprint density at radius 1 is 1.05 bits per heavy atom. The van der Waals surface area contributed by atoms with Crippen molar-refractivity contribution in [2.75, 3.05) is 6.54 Å². The molecule has 3 rings (SSSR count). The van der Waals surface area contributed by atoms with Crippen LogP contribution in [0.25, 0.3) is 0 Å². The highest BCUT2D eigenvalue weighted by atomic mass is 32.2. The summed E-state index contributed by atoms with van der Waals surface area (Å²) in [6, 6.07) is 14.9. The number of rotatable bonds is 3. The van der Waals surface area contributed by atoms with E-state index in [1.165, 1.54) is 28.6 Å². The molecule has 5 heteroatoms. The number of hydrogen-bond donors (Lipinski definition) is 0. The molecular formula is C17H18FNO2S. The van der Waals surface area contributed by atoms with Crippen LogP contribution in [0.4, 0.5) is 4.39 Å². The largest absolute Gasteiger partial charge is 0.243 e. The standard InChI is InChI=1S/C17H18FNO2S/c1-13-17(14-5-3-2-4-6-14)11-12-19(13)22(20,21)16-9-7-15(18)8-10-16/h2-10,13,17H,11-12H2,1H3. The lowest BCUT2D eigenvalue weighted by Gasteiger charge is -2.24. The number of benzene rings is 2. The molecule has 1 aliphatic rings. The maximum Gasteiger partial charge on any atom is 0.243 e. The molecule has 1 fully saturated rings. The summed E-state index contributed by atoms with van der Waals surface area (Å²) < 4.78 is 40.0. The molecule has 1 saturated heterocycles. The van der Waals surface area contributed by atoms with Crippen molar-refractivity contribution in [2.45, 2.75) is 30.2 Å². The maximum absolute atomic E-state index is 13.0. The zero-order valence-electron chi connectivity index (χ0n) is 12.3. The smallest absolute Gasteiger partial charge is 0.207 e. The highest BCUT2D eigenvalue weighted by molar-refractivity contribution is 7.89. The third kappa shape index (κ3) is 2.66. The maximum atomic E-state index is 13.0. The van der Waals surface area contributed by atoms with Crippen molar-refractivity contribution < 1.29 is 12.8 Å². The second-order valence-corrected chi connectivity index (χ2v) is 7.51. The van der Waals surface area contributed by atoms with Crippen molar-refractivity contribution in [3.05, 3.63) is 66.0 Å². The molecule has 0 radical (unpaired) electrons. The summed E-state index contributed by atoms with van der Waals surface area (Å²) in [7, 11) is -3.58. The van der Waals surface area contributed by atoms with E-state index in [2.05, 4.69) is 0 Å².